The predicted molar refractivity (Wildman–Crippen MR) is 49.7 cm³/mol. The standard InChI is InChI=1S/C8H11NO5S/c10-7-8(11)14-3-2-9(7)6-1-4-15(12,13)5-6/h6H,1-5H2. The van der Waals surface area contributed by atoms with Crippen molar-refractivity contribution >= 4 is 21.7 Å². The Kier molecular flexibility index (Phi) is 2.41. The lowest BCUT2D eigenvalue weighted by Crippen LogP contribution is -2.50. The van der Waals surface area contributed by atoms with Crippen molar-refractivity contribution in [3.05, 3.63) is 0 Å². The Morgan fingerprint density at radius 2 is 2.07 bits per heavy atom. The largest absolute Gasteiger partial charge is 0.457 e. The molecule has 7 heteroatoms. The molecular formula is C8H11NO5S. The summed E-state index contributed by atoms with van der Waals surface area (Å²) in [5, 5.41) is 0. The molecule has 0 aliphatic carbocycles. The molecule has 2 aliphatic rings. The molecule has 0 N–H and O–H groups in total. The molecule has 6 nitrogen and oxygen atoms in total. The van der Waals surface area contributed by atoms with Crippen LogP contribution in [0.2, 0.25) is 0 Å². The van der Waals surface area contributed by atoms with Crippen LogP contribution in [-0.4, -0.2) is 55.9 Å². The van der Waals surface area contributed by atoms with Crippen molar-refractivity contribution in [1.29, 1.82) is 0 Å². The van der Waals surface area contributed by atoms with E-state index in [1.54, 1.807) is 0 Å². The van der Waals surface area contributed by atoms with E-state index in [2.05, 4.69) is 4.74 Å². The number of sulfone groups is 1. The van der Waals surface area contributed by atoms with E-state index >= 15 is 0 Å². The molecule has 1 unspecified atom stereocenters. The number of nitrogens with zero attached hydrogens (tertiary/aromatic N) is 1. The van der Waals surface area contributed by atoms with Gasteiger partial charge in [0.05, 0.1) is 18.1 Å². The average Bonchev–Trinajstić information content (AvgIpc) is 2.51. The van der Waals surface area contributed by atoms with Crippen LogP contribution in [0.5, 0.6) is 0 Å². The van der Waals surface area contributed by atoms with E-state index in [0.29, 0.717) is 13.0 Å². The van der Waals surface area contributed by atoms with Gasteiger partial charge in [-0.3, -0.25) is 4.79 Å². The molecule has 2 rings (SSSR count). The Bertz CT molecular complexity index is 401. The average molecular weight is 233 g/mol. The van der Waals surface area contributed by atoms with Gasteiger partial charge in [-0.05, 0) is 6.42 Å². The van der Waals surface area contributed by atoms with Crippen LogP contribution in [0.3, 0.4) is 0 Å². The molecule has 0 aromatic rings. The number of amides is 1. The molecule has 15 heavy (non-hydrogen) atoms. The second kappa shape index (κ2) is 3.48. The molecule has 0 aromatic carbocycles. The third-order valence-corrected chi connectivity index (χ3v) is 4.40. The van der Waals surface area contributed by atoms with Crippen LogP contribution in [0.4, 0.5) is 0 Å². The summed E-state index contributed by atoms with van der Waals surface area (Å²) in [6.07, 6.45) is 0.418. The Hall–Kier alpha value is -1.11. The first kappa shape index (κ1) is 10.4. The summed E-state index contributed by atoms with van der Waals surface area (Å²) in [7, 11) is -3.03. The molecular weight excluding hydrogens is 222 g/mol. The first-order chi connectivity index (χ1) is 6.99. The molecule has 2 saturated heterocycles. The molecule has 0 spiro atoms. The third-order valence-electron chi connectivity index (χ3n) is 2.65. The monoisotopic (exact) mass is 233 g/mol. The quantitative estimate of drug-likeness (QED) is 0.409. The first-order valence-electron chi connectivity index (χ1n) is 4.68. The Labute approximate surface area is 87.1 Å². The Morgan fingerprint density at radius 3 is 2.67 bits per heavy atom. The number of esters is 1. The fourth-order valence-corrected chi connectivity index (χ4v) is 3.62. The van der Waals surface area contributed by atoms with Crippen molar-refractivity contribution in [2.75, 3.05) is 24.7 Å². The van der Waals surface area contributed by atoms with Crippen LogP contribution >= 0.6 is 0 Å². The number of ether oxygens (including phenoxy) is 1. The molecule has 0 aromatic heterocycles. The lowest BCUT2D eigenvalue weighted by atomic mass is 10.2. The van der Waals surface area contributed by atoms with Crippen molar-refractivity contribution in [2.45, 2.75) is 12.5 Å². The highest BCUT2D eigenvalue weighted by molar-refractivity contribution is 7.91. The Morgan fingerprint density at radius 1 is 1.33 bits per heavy atom. The minimum Gasteiger partial charge on any atom is -0.457 e. The van der Waals surface area contributed by atoms with Crippen LogP contribution in [0.15, 0.2) is 0 Å². The summed E-state index contributed by atoms with van der Waals surface area (Å²) in [6, 6.07) is -0.352. The van der Waals surface area contributed by atoms with Gasteiger partial charge in [-0.2, -0.15) is 0 Å². The minimum atomic E-state index is -3.03. The number of carbonyl (C=O) groups excluding carboxylic acids is 2. The van der Waals surface area contributed by atoms with Crippen LogP contribution in [-0.2, 0) is 24.2 Å². The molecule has 2 heterocycles. The number of carbonyl (C=O) groups is 2. The summed E-state index contributed by atoms with van der Waals surface area (Å²) in [5.74, 6) is -1.54. The van der Waals surface area contributed by atoms with Gasteiger partial charge in [0.1, 0.15) is 6.61 Å². The zero-order chi connectivity index (χ0) is 11.1. The van der Waals surface area contributed by atoms with Crippen LogP contribution in [0.25, 0.3) is 0 Å². The van der Waals surface area contributed by atoms with E-state index in [0.717, 1.165) is 0 Å². The van der Waals surface area contributed by atoms with Crippen LogP contribution in [0, 0.1) is 0 Å². The molecule has 1 amide bonds. The van der Waals surface area contributed by atoms with Gasteiger partial charge in [-0.15, -0.1) is 0 Å². The highest BCUT2D eigenvalue weighted by Crippen LogP contribution is 2.19. The zero-order valence-electron chi connectivity index (χ0n) is 8.01. The normalized spacial score (nSPS) is 30.4. The van der Waals surface area contributed by atoms with Gasteiger partial charge in [-0.25, -0.2) is 13.2 Å². The first-order valence-corrected chi connectivity index (χ1v) is 6.50. The predicted octanol–water partition coefficient (Wildman–Crippen LogP) is -1.44. The van der Waals surface area contributed by atoms with Gasteiger partial charge in [0.15, 0.2) is 9.84 Å². The topological polar surface area (TPSA) is 80.8 Å². The van der Waals surface area contributed by atoms with Crippen molar-refractivity contribution in [2.24, 2.45) is 0 Å². The highest BCUT2D eigenvalue weighted by atomic mass is 32.2. The van der Waals surface area contributed by atoms with Crippen LogP contribution < -0.4 is 0 Å². The summed E-state index contributed by atoms with van der Waals surface area (Å²) >= 11 is 0. The molecule has 0 radical (unpaired) electrons. The van der Waals surface area contributed by atoms with Gasteiger partial charge >= 0.3 is 11.9 Å². The smallest absolute Gasteiger partial charge is 0.397 e. The van der Waals surface area contributed by atoms with E-state index < -0.39 is 21.7 Å². The second-order valence-corrected chi connectivity index (χ2v) is 5.92. The van der Waals surface area contributed by atoms with E-state index in [1.807, 2.05) is 0 Å². The molecule has 1 atom stereocenters. The van der Waals surface area contributed by atoms with Gasteiger partial charge in [-0.1, -0.05) is 0 Å². The fourth-order valence-electron chi connectivity index (χ4n) is 1.89. The number of morpholine rings is 1. The van der Waals surface area contributed by atoms with Crippen molar-refractivity contribution < 1.29 is 22.7 Å². The summed E-state index contributed by atoms with van der Waals surface area (Å²) < 4.78 is 27.0. The lowest BCUT2D eigenvalue weighted by Gasteiger charge is -2.30. The van der Waals surface area contributed by atoms with Gasteiger partial charge < -0.3 is 9.64 Å². The SMILES string of the molecule is O=C1OCCN(C2CCS(=O)(=O)C2)C1=O. The lowest BCUT2D eigenvalue weighted by molar-refractivity contribution is -0.167. The Balaban J connectivity index is 2.11. The highest BCUT2D eigenvalue weighted by Gasteiger charge is 2.39. The number of hydrogen-bond donors (Lipinski definition) is 0. The molecule has 2 fully saturated rings. The molecule has 0 bridgehead atoms. The van der Waals surface area contributed by atoms with E-state index in [1.165, 1.54) is 4.90 Å². The molecule has 2 aliphatic heterocycles. The fraction of sp³-hybridized carbons (Fsp3) is 0.750. The summed E-state index contributed by atoms with van der Waals surface area (Å²) in [5.41, 5.74) is 0. The summed E-state index contributed by atoms with van der Waals surface area (Å²) in [4.78, 5) is 23.7. The molecule has 0 saturated carbocycles. The van der Waals surface area contributed by atoms with Gasteiger partial charge in [0.2, 0.25) is 0 Å². The van der Waals surface area contributed by atoms with E-state index in [4.69, 9.17) is 0 Å². The zero-order valence-corrected chi connectivity index (χ0v) is 8.83. The second-order valence-electron chi connectivity index (χ2n) is 3.69. The number of rotatable bonds is 1. The van der Waals surface area contributed by atoms with Crippen molar-refractivity contribution in [1.82, 2.24) is 4.90 Å². The van der Waals surface area contributed by atoms with Crippen molar-refractivity contribution in [3.63, 3.8) is 0 Å². The third kappa shape index (κ3) is 1.97. The van der Waals surface area contributed by atoms with Crippen LogP contribution in [0.1, 0.15) is 6.42 Å². The molecule has 84 valence electrons. The minimum absolute atomic E-state index is 0.0357. The van der Waals surface area contributed by atoms with Gasteiger partial charge in [0.25, 0.3) is 0 Å². The number of cyclic esters (lactones) is 1. The number of hydrogen-bond acceptors (Lipinski definition) is 5. The van der Waals surface area contributed by atoms with Crippen molar-refractivity contribution in [3.8, 4) is 0 Å². The van der Waals surface area contributed by atoms with Gasteiger partial charge in [0, 0.05) is 6.04 Å². The van der Waals surface area contributed by atoms with E-state index in [9.17, 15) is 18.0 Å². The maximum atomic E-state index is 11.4. The maximum absolute atomic E-state index is 11.4. The maximum Gasteiger partial charge on any atom is 0.397 e. The van der Waals surface area contributed by atoms with E-state index in [-0.39, 0.29) is 24.2 Å². The summed E-state index contributed by atoms with van der Waals surface area (Å²) in [6.45, 7) is 0.450.